The molecule has 112 valence electrons. The molecule has 1 aliphatic carbocycles. The Balaban J connectivity index is 1.86. The minimum absolute atomic E-state index is 0.324. The highest BCUT2D eigenvalue weighted by Gasteiger charge is 2.24. The third kappa shape index (κ3) is 4.84. The largest absolute Gasteiger partial charge is 0.388 e. The molecule has 0 radical (unpaired) electrons. The summed E-state index contributed by atoms with van der Waals surface area (Å²) in [7, 11) is 0. The predicted octanol–water partition coefficient (Wildman–Crippen LogP) is 3.51. The van der Waals surface area contributed by atoms with Crippen LogP contribution < -0.4 is 0 Å². The Labute approximate surface area is 119 Å². The fraction of sp³-hybridized carbons (Fsp3) is 0.625. The Morgan fingerprint density at radius 1 is 1.20 bits per heavy atom. The lowest BCUT2D eigenvalue weighted by Gasteiger charge is -2.23. The van der Waals surface area contributed by atoms with Crippen LogP contribution in [0.3, 0.4) is 0 Å². The Bertz CT molecular complexity index is 414. The fourth-order valence-electron chi connectivity index (χ4n) is 2.52. The van der Waals surface area contributed by atoms with E-state index in [0.29, 0.717) is 12.0 Å². The SMILES string of the molecule is CCCN(CCC(O)c1cc(F)cc(F)c1)CC1CC1. The molecular formula is C16H23F2NO. The van der Waals surface area contributed by atoms with Gasteiger partial charge in [-0.2, -0.15) is 0 Å². The summed E-state index contributed by atoms with van der Waals surface area (Å²) >= 11 is 0. The van der Waals surface area contributed by atoms with Gasteiger partial charge in [-0.3, -0.25) is 0 Å². The van der Waals surface area contributed by atoms with Crippen LogP contribution in [0.25, 0.3) is 0 Å². The van der Waals surface area contributed by atoms with Gasteiger partial charge < -0.3 is 10.0 Å². The number of rotatable bonds is 8. The highest BCUT2D eigenvalue weighted by molar-refractivity contribution is 5.20. The van der Waals surface area contributed by atoms with E-state index >= 15 is 0 Å². The maximum absolute atomic E-state index is 13.1. The average Bonchev–Trinajstić information content (AvgIpc) is 3.18. The summed E-state index contributed by atoms with van der Waals surface area (Å²) in [6.45, 7) is 5.00. The summed E-state index contributed by atoms with van der Waals surface area (Å²) in [5, 5.41) is 10.1. The zero-order chi connectivity index (χ0) is 14.5. The number of aliphatic hydroxyl groups excluding tert-OH is 1. The summed E-state index contributed by atoms with van der Waals surface area (Å²) in [6, 6.07) is 3.24. The van der Waals surface area contributed by atoms with E-state index in [9.17, 15) is 13.9 Å². The summed E-state index contributed by atoms with van der Waals surface area (Å²) in [6.07, 6.45) is 3.39. The molecule has 0 amide bonds. The van der Waals surface area contributed by atoms with Crippen LogP contribution in [0, 0.1) is 17.6 Å². The molecule has 1 N–H and O–H groups in total. The van der Waals surface area contributed by atoms with E-state index in [1.807, 2.05) is 0 Å². The van der Waals surface area contributed by atoms with Crippen LogP contribution in [-0.2, 0) is 0 Å². The highest BCUT2D eigenvalue weighted by Crippen LogP contribution is 2.30. The van der Waals surface area contributed by atoms with Crippen LogP contribution in [-0.4, -0.2) is 29.6 Å². The van der Waals surface area contributed by atoms with Crippen molar-refractivity contribution in [3.8, 4) is 0 Å². The van der Waals surface area contributed by atoms with Crippen LogP contribution in [0.2, 0.25) is 0 Å². The van der Waals surface area contributed by atoms with Crippen molar-refractivity contribution in [3.05, 3.63) is 35.4 Å². The van der Waals surface area contributed by atoms with Crippen molar-refractivity contribution in [1.29, 1.82) is 0 Å². The standard InChI is InChI=1S/C16H23F2NO/c1-2-6-19(11-12-3-4-12)7-5-16(20)13-8-14(17)10-15(18)9-13/h8-10,12,16,20H,2-7,11H2,1H3. The van der Waals surface area contributed by atoms with E-state index in [0.717, 1.165) is 38.0 Å². The van der Waals surface area contributed by atoms with Crippen molar-refractivity contribution in [2.24, 2.45) is 5.92 Å². The minimum atomic E-state index is -0.807. The maximum Gasteiger partial charge on any atom is 0.126 e. The van der Waals surface area contributed by atoms with Crippen molar-refractivity contribution in [1.82, 2.24) is 4.90 Å². The molecule has 0 heterocycles. The topological polar surface area (TPSA) is 23.5 Å². The van der Waals surface area contributed by atoms with Gasteiger partial charge in [-0.05, 0) is 55.8 Å². The minimum Gasteiger partial charge on any atom is -0.388 e. The molecule has 4 heteroatoms. The molecule has 1 atom stereocenters. The molecule has 1 unspecified atom stereocenters. The van der Waals surface area contributed by atoms with E-state index in [1.165, 1.54) is 25.0 Å². The van der Waals surface area contributed by atoms with Gasteiger partial charge in [-0.15, -0.1) is 0 Å². The highest BCUT2D eigenvalue weighted by atomic mass is 19.1. The van der Waals surface area contributed by atoms with Gasteiger partial charge >= 0.3 is 0 Å². The van der Waals surface area contributed by atoms with E-state index in [2.05, 4.69) is 11.8 Å². The number of halogens is 2. The van der Waals surface area contributed by atoms with Gasteiger partial charge in [-0.25, -0.2) is 8.78 Å². The van der Waals surface area contributed by atoms with E-state index in [4.69, 9.17) is 0 Å². The summed E-state index contributed by atoms with van der Waals surface area (Å²) in [5.41, 5.74) is 0.324. The van der Waals surface area contributed by atoms with E-state index in [1.54, 1.807) is 0 Å². The van der Waals surface area contributed by atoms with E-state index in [-0.39, 0.29) is 0 Å². The smallest absolute Gasteiger partial charge is 0.126 e. The third-order valence-electron chi connectivity index (χ3n) is 3.74. The second kappa shape index (κ2) is 7.14. The van der Waals surface area contributed by atoms with Crippen LogP contribution in [0.4, 0.5) is 8.78 Å². The quantitative estimate of drug-likeness (QED) is 0.789. The maximum atomic E-state index is 13.1. The predicted molar refractivity (Wildman–Crippen MR) is 75.4 cm³/mol. The Kier molecular flexibility index (Phi) is 5.49. The molecule has 0 bridgehead atoms. The molecule has 0 spiro atoms. The Hall–Kier alpha value is -1.00. The van der Waals surface area contributed by atoms with Crippen LogP contribution >= 0.6 is 0 Å². The van der Waals surface area contributed by atoms with Gasteiger partial charge in [0.25, 0.3) is 0 Å². The van der Waals surface area contributed by atoms with Crippen LogP contribution in [0.15, 0.2) is 18.2 Å². The molecule has 1 aromatic rings. The first-order valence-electron chi connectivity index (χ1n) is 7.45. The van der Waals surface area contributed by atoms with Gasteiger partial charge in [0.05, 0.1) is 6.10 Å². The number of hydrogen-bond acceptors (Lipinski definition) is 2. The molecule has 1 aromatic carbocycles. The zero-order valence-corrected chi connectivity index (χ0v) is 12.0. The summed E-state index contributed by atoms with van der Waals surface area (Å²) in [4.78, 5) is 2.34. The van der Waals surface area contributed by atoms with E-state index < -0.39 is 17.7 Å². The monoisotopic (exact) mass is 283 g/mol. The first-order chi connectivity index (χ1) is 9.58. The van der Waals surface area contributed by atoms with Crippen molar-refractivity contribution in [2.75, 3.05) is 19.6 Å². The van der Waals surface area contributed by atoms with Crippen molar-refractivity contribution < 1.29 is 13.9 Å². The van der Waals surface area contributed by atoms with Gasteiger partial charge in [0.15, 0.2) is 0 Å². The number of aliphatic hydroxyl groups is 1. The summed E-state index contributed by atoms with van der Waals surface area (Å²) < 4.78 is 26.3. The van der Waals surface area contributed by atoms with Crippen molar-refractivity contribution in [3.63, 3.8) is 0 Å². The molecule has 0 saturated heterocycles. The molecule has 2 rings (SSSR count). The average molecular weight is 283 g/mol. The molecule has 0 aliphatic heterocycles. The number of hydrogen-bond donors (Lipinski definition) is 1. The second-order valence-corrected chi connectivity index (χ2v) is 5.75. The Morgan fingerprint density at radius 2 is 1.85 bits per heavy atom. The Morgan fingerprint density at radius 3 is 2.40 bits per heavy atom. The lowest BCUT2D eigenvalue weighted by molar-refractivity contribution is 0.139. The molecule has 20 heavy (non-hydrogen) atoms. The molecule has 1 saturated carbocycles. The van der Waals surface area contributed by atoms with Gasteiger partial charge in [-0.1, -0.05) is 6.92 Å². The molecular weight excluding hydrogens is 260 g/mol. The first-order valence-corrected chi connectivity index (χ1v) is 7.45. The second-order valence-electron chi connectivity index (χ2n) is 5.75. The van der Waals surface area contributed by atoms with Gasteiger partial charge in [0, 0.05) is 19.2 Å². The van der Waals surface area contributed by atoms with Crippen LogP contribution in [0.1, 0.15) is 44.3 Å². The van der Waals surface area contributed by atoms with Crippen molar-refractivity contribution in [2.45, 2.75) is 38.7 Å². The molecule has 1 aliphatic rings. The molecule has 0 aromatic heterocycles. The van der Waals surface area contributed by atoms with Gasteiger partial charge in [0.2, 0.25) is 0 Å². The normalized spacial score (nSPS) is 16.6. The fourth-order valence-corrected chi connectivity index (χ4v) is 2.52. The van der Waals surface area contributed by atoms with Crippen molar-refractivity contribution >= 4 is 0 Å². The third-order valence-corrected chi connectivity index (χ3v) is 3.74. The lowest BCUT2D eigenvalue weighted by atomic mass is 10.1. The number of benzene rings is 1. The van der Waals surface area contributed by atoms with Crippen LogP contribution in [0.5, 0.6) is 0 Å². The summed E-state index contributed by atoms with van der Waals surface area (Å²) in [5.74, 6) is -0.463. The lowest BCUT2D eigenvalue weighted by Crippen LogP contribution is -2.29. The zero-order valence-electron chi connectivity index (χ0n) is 12.0. The molecule has 1 fully saturated rings. The molecule has 2 nitrogen and oxygen atoms in total. The first kappa shape index (κ1) is 15.4. The number of nitrogens with zero attached hydrogens (tertiary/aromatic N) is 1. The van der Waals surface area contributed by atoms with Gasteiger partial charge in [0.1, 0.15) is 11.6 Å².